The standard InChI is InChI=1S/C13H14BrNOS/c1-8(2)9-4-5-10(12(6-9)16-3)11-7-17-13(14)15-11/h4-8H,1-3H3. The summed E-state index contributed by atoms with van der Waals surface area (Å²) >= 11 is 4.96. The second kappa shape index (κ2) is 5.19. The van der Waals surface area contributed by atoms with Crippen molar-refractivity contribution in [2.24, 2.45) is 0 Å². The summed E-state index contributed by atoms with van der Waals surface area (Å²) in [7, 11) is 1.70. The molecule has 1 aromatic carbocycles. The molecular formula is C13H14BrNOS. The van der Waals surface area contributed by atoms with Crippen molar-refractivity contribution in [3.8, 4) is 17.0 Å². The van der Waals surface area contributed by atoms with E-state index in [2.05, 4.69) is 53.0 Å². The van der Waals surface area contributed by atoms with Crippen LogP contribution in [0.4, 0.5) is 0 Å². The molecule has 4 heteroatoms. The monoisotopic (exact) mass is 311 g/mol. The van der Waals surface area contributed by atoms with Crippen LogP contribution in [-0.4, -0.2) is 12.1 Å². The molecule has 2 nitrogen and oxygen atoms in total. The summed E-state index contributed by atoms with van der Waals surface area (Å²) in [6.07, 6.45) is 0. The molecule has 0 unspecified atom stereocenters. The predicted octanol–water partition coefficient (Wildman–Crippen LogP) is 4.70. The van der Waals surface area contributed by atoms with Crippen LogP contribution >= 0.6 is 27.3 Å². The topological polar surface area (TPSA) is 22.1 Å². The Hall–Kier alpha value is -0.870. The molecule has 2 rings (SSSR count). The molecule has 0 aliphatic rings. The minimum absolute atomic E-state index is 0.500. The molecule has 0 atom stereocenters. The molecule has 0 aliphatic carbocycles. The smallest absolute Gasteiger partial charge is 0.159 e. The molecule has 0 N–H and O–H groups in total. The number of ether oxygens (including phenoxy) is 1. The maximum absolute atomic E-state index is 5.45. The third-order valence-electron chi connectivity index (χ3n) is 2.64. The van der Waals surface area contributed by atoms with Crippen molar-refractivity contribution in [2.75, 3.05) is 7.11 Å². The fourth-order valence-electron chi connectivity index (χ4n) is 1.65. The van der Waals surface area contributed by atoms with Gasteiger partial charge in [0.15, 0.2) is 3.92 Å². The van der Waals surface area contributed by atoms with Crippen LogP contribution in [0.15, 0.2) is 27.5 Å². The Labute approximate surface area is 114 Å². The fraction of sp³-hybridized carbons (Fsp3) is 0.308. The van der Waals surface area contributed by atoms with E-state index in [-0.39, 0.29) is 0 Å². The lowest BCUT2D eigenvalue weighted by Gasteiger charge is -2.11. The van der Waals surface area contributed by atoms with Crippen molar-refractivity contribution in [3.05, 3.63) is 33.1 Å². The van der Waals surface area contributed by atoms with Gasteiger partial charge in [-0.05, 0) is 39.5 Å². The van der Waals surface area contributed by atoms with Crippen molar-refractivity contribution < 1.29 is 4.74 Å². The van der Waals surface area contributed by atoms with Gasteiger partial charge in [-0.1, -0.05) is 19.9 Å². The number of benzene rings is 1. The summed E-state index contributed by atoms with van der Waals surface area (Å²) in [5.41, 5.74) is 3.27. The summed E-state index contributed by atoms with van der Waals surface area (Å²) in [6.45, 7) is 4.35. The molecule has 1 aromatic heterocycles. The Morgan fingerprint density at radius 2 is 2.12 bits per heavy atom. The van der Waals surface area contributed by atoms with Crippen molar-refractivity contribution in [3.63, 3.8) is 0 Å². The van der Waals surface area contributed by atoms with E-state index in [1.807, 2.05) is 5.38 Å². The Morgan fingerprint density at radius 1 is 1.35 bits per heavy atom. The van der Waals surface area contributed by atoms with E-state index in [1.54, 1.807) is 18.4 Å². The van der Waals surface area contributed by atoms with E-state index in [0.717, 1.165) is 20.9 Å². The molecule has 0 saturated carbocycles. The van der Waals surface area contributed by atoms with Crippen LogP contribution in [0.2, 0.25) is 0 Å². The largest absolute Gasteiger partial charge is 0.496 e. The van der Waals surface area contributed by atoms with Crippen LogP contribution < -0.4 is 4.74 Å². The molecule has 0 fully saturated rings. The van der Waals surface area contributed by atoms with E-state index in [0.29, 0.717) is 5.92 Å². The first-order valence-electron chi connectivity index (χ1n) is 5.41. The lowest BCUT2D eigenvalue weighted by molar-refractivity contribution is 0.415. The van der Waals surface area contributed by atoms with E-state index >= 15 is 0 Å². The summed E-state index contributed by atoms with van der Waals surface area (Å²) in [5.74, 6) is 1.38. The Morgan fingerprint density at radius 3 is 2.65 bits per heavy atom. The lowest BCUT2D eigenvalue weighted by Crippen LogP contribution is -1.93. The minimum Gasteiger partial charge on any atom is -0.496 e. The maximum atomic E-state index is 5.45. The van der Waals surface area contributed by atoms with Gasteiger partial charge >= 0.3 is 0 Å². The van der Waals surface area contributed by atoms with Gasteiger partial charge in [-0.25, -0.2) is 4.98 Å². The zero-order chi connectivity index (χ0) is 12.4. The van der Waals surface area contributed by atoms with Crippen molar-refractivity contribution in [2.45, 2.75) is 19.8 Å². The van der Waals surface area contributed by atoms with Gasteiger partial charge in [-0.3, -0.25) is 0 Å². The van der Waals surface area contributed by atoms with Crippen molar-refractivity contribution in [1.82, 2.24) is 4.98 Å². The van der Waals surface area contributed by atoms with Crippen LogP contribution in [0.5, 0.6) is 5.75 Å². The van der Waals surface area contributed by atoms with E-state index in [9.17, 15) is 0 Å². The summed E-state index contributed by atoms with van der Waals surface area (Å²) in [5, 5.41) is 2.02. The Bertz CT molecular complexity index is 522. The highest BCUT2D eigenvalue weighted by Crippen LogP contribution is 2.34. The third-order valence-corrected chi connectivity index (χ3v) is 4.01. The van der Waals surface area contributed by atoms with Crippen LogP contribution in [0, 0.1) is 0 Å². The van der Waals surface area contributed by atoms with Gasteiger partial charge in [0.25, 0.3) is 0 Å². The van der Waals surface area contributed by atoms with Crippen LogP contribution in [0.1, 0.15) is 25.3 Å². The molecule has 2 aromatic rings. The van der Waals surface area contributed by atoms with Gasteiger partial charge in [-0.15, -0.1) is 11.3 Å². The van der Waals surface area contributed by atoms with E-state index in [4.69, 9.17) is 4.74 Å². The number of halogens is 1. The number of nitrogens with zero attached hydrogens (tertiary/aromatic N) is 1. The summed E-state index contributed by atoms with van der Waals surface area (Å²) in [4.78, 5) is 4.42. The van der Waals surface area contributed by atoms with Gasteiger partial charge in [0.1, 0.15) is 5.75 Å². The Kier molecular flexibility index (Phi) is 3.84. The highest BCUT2D eigenvalue weighted by Gasteiger charge is 2.11. The second-order valence-corrected chi connectivity index (χ2v) is 6.23. The third kappa shape index (κ3) is 2.69. The van der Waals surface area contributed by atoms with Gasteiger partial charge in [0.05, 0.1) is 12.8 Å². The number of hydrogen-bond donors (Lipinski definition) is 0. The van der Waals surface area contributed by atoms with Gasteiger partial charge in [-0.2, -0.15) is 0 Å². The fourth-order valence-corrected chi connectivity index (χ4v) is 2.67. The van der Waals surface area contributed by atoms with Gasteiger partial charge in [0.2, 0.25) is 0 Å². The Balaban J connectivity index is 2.48. The molecule has 1 heterocycles. The molecule has 0 spiro atoms. The van der Waals surface area contributed by atoms with Gasteiger partial charge in [0, 0.05) is 10.9 Å². The molecule has 17 heavy (non-hydrogen) atoms. The SMILES string of the molecule is COc1cc(C(C)C)ccc1-c1csc(Br)n1. The average Bonchev–Trinajstić information content (AvgIpc) is 2.74. The zero-order valence-electron chi connectivity index (χ0n) is 10.0. The van der Waals surface area contributed by atoms with Gasteiger partial charge < -0.3 is 4.74 Å². The first kappa shape index (κ1) is 12.6. The second-order valence-electron chi connectivity index (χ2n) is 4.10. The zero-order valence-corrected chi connectivity index (χ0v) is 12.4. The summed E-state index contributed by atoms with van der Waals surface area (Å²) < 4.78 is 6.34. The molecule has 0 amide bonds. The predicted molar refractivity (Wildman–Crippen MR) is 75.9 cm³/mol. The normalized spacial score (nSPS) is 10.9. The molecule has 0 radical (unpaired) electrons. The number of methoxy groups -OCH3 is 1. The quantitative estimate of drug-likeness (QED) is 0.819. The highest BCUT2D eigenvalue weighted by atomic mass is 79.9. The van der Waals surface area contributed by atoms with Crippen molar-refractivity contribution >= 4 is 27.3 Å². The van der Waals surface area contributed by atoms with Crippen LogP contribution in [0.3, 0.4) is 0 Å². The number of rotatable bonds is 3. The number of thiazole rings is 1. The molecule has 0 aliphatic heterocycles. The van der Waals surface area contributed by atoms with E-state index < -0.39 is 0 Å². The maximum Gasteiger partial charge on any atom is 0.159 e. The van der Waals surface area contributed by atoms with Crippen LogP contribution in [-0.2, 0) is 0 Å². The summed E-state index contributed by atoms with van der Waals surface area (Å²) in [6, 6.07) is 6.30. The molecule has 90 valence electrons. The lowest BCUT2D eigenvalue weighted by atomic mass is 10.00. The van der Waals surface area contributed by atoms with Crippen molar-refractivity contribution in [1.29, 1.82) is 0 Å². The number of hydrogen-bond acceptors (Lipinski definition) is 3. The minimum atomic E-state index is 0.500. The van der Waals surface area contributed by atoms with Crippen LogP contribution in [0.25, 0.3) is 11.3 Å². The number of aromatic nitrogens is 1. The average molecular weight is 312 g/mol. The van der Waals surface area contributed by atoms with E-state index in [1.165, 1.54) is 5.56 Å². The molecular weight excluding hydrogens is 298 g/mol. The highest BCUT2D eigenvalue weighted by molar-refractivity contribution is 9.11. The first-order valence-corrected chi connectivity index (χ1v) is 7.08. The first-order chi connectivity index (χ1) is 8.11. The molecule has 0 saturated heterocycles. The molecule has 0 bridgehead atoms.